The summed E-state index contributed by atoms with van der Waals surface area (Å²) in [4.78, 5) is 19.6. The Morgan fingerprint density at radius 1 is 1.25 bits per heavy atom. The van der Waals surface area contributed by atoms with Gasteiger partial charge in [-0.3, -0.25) is 9.48 Å². The van der Waals surface area contributed by atoms with E-state index in [-0.39, 0.29) is 24.2 Å². The first-order chi connectivity index (χ1) is 13.4. The number of likely N-dealkylation sites (tertiary alicyclic amines) is 1. The minimum Gasteiger partial charge on any atom is -0.383 e. The van der Waals surface area contributed by atoms with Gasteiger partial charge in [-0.25, -0.2) is 9.67 Å². The number of methoxy groups -OCH3 is 1. The molecule has 2 aliphatic rings. The summed E-state index contributed by atoms with van der Waals surface area (Å²) in [6.07, 6.45) is 0.657. The number of nitrogens with zero attached hydrogens (tertiary/aromatic N) is 6. The smallest absolute Gasteiger partial charge is 0.272 e. The van der Waals surface area contributed by atoms with Gasteiger partial charge in [-0.15, -0.1) is 0 Å². The van der Waals surface area contributed by atoms with Crippen LogP contribution in [-0.4, -0.2) is 68.3 Å². The van der Waals surface area contributed by atoms with E-state index in [1.54, 1.807) is 11.8 Å². The minimum absolute atomic E-state index is 0.0249. The van der Waals surface area contributed by atoms with Crippen LogP contribution < -0.4 is 0 Å². The van der Waals surface area contributed by atoms with Crippen molar-refractivity contribution in [3.05, 3.63) is 28.6 Å². The molecule has 0 N–H and O–H groups in total. The van der Waals surface area contributed by atoms with Crippen LogP contribution in [0.5, 0.6) is 0 Å². The van der Waals surface area contributed by atoms with Gasteiger partial charge < -0.3 is 14.4 Å². The monoisotopic (exact) mass is 388 g/mol. The highest BCUT2D eigenvalue weighted by molar-refractivity contribution is 5.95. The lowest BCUT2D eigenvalue weighted by molar-refractivity contribution is -0.00726. The van der Waals surface area contributed by atoms with E-state index >= 15 is 0 Å². The van der Waals surface area contributed by atoms with Crippen LogP contribution in [0.15, 0.2) is 0 Å². The fraction of sp³-hybridized carbons (Fsp3) is 0.684. The molecule has 28 heavy (non-hydrogen) atoms. The van der Waals surface area contributed by atoms with Gasteiger partial charge in [0.2, 0.25) is 0 Å². The topological polar surface area (TPSA) is 87.3 Å². The second-order valence-corrected chi connectivity index (χ2v) is 7.74. The Labute approximate surface area is 164 Å². The van der Waals surface area contributed by atoms with Gasteiger partial charge in [0.25, 0.3) is 5.91 Å². The Morgan fingerprint density at radius 2 is 2.00 bits per heavy atom. The molecule has 2 aromatic heterocycles. The lowest BCUT2D eigenvalue weighted by Gasteiger charge is -2.39. The van der Waals surface area contributed by atoms with E-state index in [4.69, 9.17) is 14.6 Å². The minimum atomic E-state index is -0.112. The van der Waals surface area contributed by atoms with Crippen LogP contribution in [-0.2, 0) is 22.4 Å². The van der Waals surface area contributed by atoms with Gasteiger partial charge in [0.05, 0.1) is 37.1 Å². The highest BCUT2D eigenvalue weighted by atomic mass is 16.5. The summed E-state index contributed by atoms with van der Waals surface area (Å²) in [7, 11) is 1.65. The van der Waals surface area contributed by atoms with Crippen molar-refractivity contribution in [2.75, 3.05) is 26.8 Å². The average Bonchev–Trinajstić information content (AvgIpc) is 3.11. The molecule has 0 bridgehead atoms. The average molecular weight is 388 g/mol. The highest BCUT2D eigenvalue weighted by Crippen LogP contribution is 2.33. The molecule has 2 aliphatic heterocycles. The molecule has 0 radical (unpaired) electrons. The van der Waals surface area contributed by atoms with E-state index < -0.39 is 0 Å². The maximum Gasteiger partial charge on any atom is 0.272 e. The summed E-state index contributed by atoms with van der Waals surface area (Å²) in [6.45, 7) is 10.2. The Hall–Kier alpha value is -2.26. The van der Waals surface area contributed by atoms with Gasteiger partial charge in [-0.05, 0) is 27.7 Å². The number of rotatable bonds is 5. The quantitative estimate of drug-likeness (QED) is 0.771. The van der Waals surface area contributed by atoms with Crippen LogP contribution >= 0.6 is 0 Å². The molecule has 9 nitrogen and oxygen atoms in total. The normalized spacial score (nSPS) is 22.2. The Balaban J connectivity index is 1.58. The lowest BCUT2D eigenvalue weighted by Crippen LogP contribution is -2.52. The third kappa shape index (κ3) is 3.22. The molecule has 4 heterocycles. The summed E-state index contributed by atoms with van der Waals surface area (Å²) in [6, 6.07) is 0.178. The predicted octanol–water partition coefficient (Wildman–Crippen LogP) is 1.46. The van der Waals surface area contributed by atoms with Crippen molar-refractivity contribution in [3.8, 4) is 0 Å². The van der Waals surface area contributed by atoms with E-state index in [1.807, 2.05) is 37.3 Å². The van der Waals surface area contributed by atoms with Crippen molar-refractivity contribution in [3.63, 3.8) is 0 Å². The van der Waals surface area contributed by atoms with Gasteiger partial charge in [-0.1, -0.05) is 0 Å². The van der Waals surface area contributed by atoms with Crippen LogP contribution in [0.2, 0.25) is 0 Å². The molecule has 9 heteroatoms. The first kappa shape index (κ1) is 19.1. The largest absolute Gasteiger partial charge is 0.383 e. The molecule has 0 unspecified atom stereocenters. The number of hydrogen-bond acceptors (Lipinski definition) is 6. The van der Waals surface area contributed by atoms with Crippen LogP contribution in [0.4, 0.5) is 0 Å². The molecule has 1 saturated heterocycles. The zero-order valence-corrected chi connectivity index (χ0v) is 17.2. The highest BCUT2D eigenvalue weighted by Gasteiger charge is 2.39. The number of aromatic nitrogens is 5. The van der Waals surface area contributed by atoms with E-state index in [1.165, 1.54) is 0 Å². The molecule has 152 valence electrons. The number of carbonyl (C=O) groups is 1. The number of amides is 1. The van der Waals surface area contributed by atoms with Gasteiger partial charge in [-0.2, -0.15) is 10.2 Å². The maximum absolute atomic E-state index is 13.4. The summed E-state index contributed by atoms with van der Waals surface area (Å²) in [5, 5.41) is 9.15. The predicted molar refractivity (Wildman–Crippen MR) is 101 cm³/mol. The molecule has 2 atom stereocenters. The molecule has 0 aromatic carbocycles. The Bertz CT molecular complexity index is 883. The molecule has 1 amide bonds. The summed E-state index contributed by atoms with van der Waals surface area (Å²) in [5.41, 5.74) is 2.57. The SMILES string of the molecule is COCCn1nc2c(c1C(=O)N1CC(n3nc(C)nc3C)C1)C[C@H](C)O[C@@H]2C. The van der Waals surface area contributed by atoms with E-state index in [9.17, 15) is 4.79 Å². The molecule has 0 aliphatic carbocycles. The van der Waals surface area contributed by atoms with Crippen molar-refractivity contribution in [1.29, 1.82) is 0 Å². The third-order valence-electron chi connectivity index (χ3n) is 5.51. The van der Waals surface area contributed by atoms with Crippen molar-refractivity contribution >= 4 is 5.91 Å². The van der Waals surface area contributed by atoms with Crippen molar-refractivity contribution < 1.29 is 14.3 Å². The Kier molecular flexibility index (Phi) is 4.96. The van der Waals surface area contributed by atoms with E-state index in [0.29, 0.717) is 38.4 Å². The van der Waals surface area contributed by atoms with Crippen LogP contribution in [0.1, 0.15) is 59.4 Å². The molecular formula is C19H28N6O3. The van der Waals surface area contributed by atoms with E-state index in [2.05, 4.69) is 10.1 Å². The molecule has 0 saturated carbocycles. The maximum atomic E-state index is 13.4. The number of ether oxygens (including phenoxy) is 2. The number of hydrogen-bond donors (Lipinski definition) is 0. The summed E-state index contributed by atoms with van der Waals surface area (Å²) in [5.74, 6) is 1.67. The van der Waals surface area contributed by atoms with Gasteiger partial charge in [0, 0.05) is 32.2 Å². The first-order valence-corrected chi connectivity index (χ1v) is 9.82. The first-order valence-electron chi connectivity index (χ1n) is 9.82. The standard InChI is InChI=1S/C19H28N6O3/c1-11-8-16-17(12(2)28-11)22-24(6-7-27-5)18(16)19(26)23-9-15(10-23)25-14(4)20-13(3)21-25/h11-12,15H,6-10H2,1-5H3/t11-,12+/m0/s1. The van der Waals surface area contributed by atoms with Crippen molar-refractivity contribution in [2.45, 2.75) is 58.9 Å². The van der Waals surface area contributed by atoms with Gasteiger partial charge in [0.1, 0.15) is 17.3 Å². The molecule has 4 rings (SSSR count). The fourth-order valence-electron chi connectivity index (χ4n) is 4.18. The third-order valence-corrected chi connectivity index (χ3v) is 5.51. The second kappa shape index (κ2) is 7.29. The van der Waals surface area contributed by atoms with Gasteiger partial charge >= 0.3 is 0 Å². The van der Waals surface area contributed by atoms with Crippen molar-refractivity contribution in [2.24, 2.45) is 0 Å². The van der Waals surface area contributed by atoms with Crippen LogP contribution in [0, 0.1) is 13.8 Å². The fourth-order valence-corrected chi connectivity index (χ4v) is 4.18. The number of fused-ring (bicyclic) bond motifs is 1. The molecule has 2 aromatic rings. The number of aryl methyl sites for hydroxylation is 2. The zero-order valence-electron chi connectivity index (χ0n) is 17.2. The molecule has 1 fully saturated rings. The van der Waals surface area contributed by atoms with Crippen LogP contribution in [0.3, 0.4) is 0 Å². The zero-order chi connectivity index (χ0) is 20.0. The van der Waals surface area contributed by atoms with Gasteiger partial charge in [0.15, 0.2) is 0 Å². The summed E-state index contributed by atoms with van der Waals surface area (Å²) >= 11 is 0. The molecular weight excluding hydrogens is 360 g/mol. The Morgan fingerprint density at radius 3 is 2.64 bits per heavy atom. The second-order valence-electron chi connectivity index (χ2n) is 7.74. The van der Waals surface area contributed by atoms with Crippen LogP contribution in [0.25, 0.3) is 0 Å². The molecule has 0 spiro atoms. The van der Waals surface area contributed by atoms with E-state index in [0.717, 1.165) is 22.9 Å². The van der Waals surface area contributed by atoms with Crippen molar-refractivity contribution in [1.82, 2.24) is 29.4 Å². The summed E-state index contributed by atoms with van der Waals surface area (Å²) < 4.78 is 14.8. The number of carbonyl (C=O) groups excluding carboxylic acids is 1. The lowest BCUT2D eigenvalue weighted by atomic mass is 9.98.